The predicted molar refractivity (Wildman–Crippen MR) is 87.6 cm³/mol. The van der Waals surface area contributed by atoms with Gasteiger partial charge in [0.25, 0.3) is 0 Å². The van der Waals surface area contributed by atoms with Gasteiger partial charge in [0.15, 0.2) is 5.78 Å². The smallest absolute Gasteiger partial charge is 0.343 e. The van der Waals surface area contributed by atoms with Crippen LogP contribution in [0.4, 0.5) is 13.2 Å². The summed E-state index contributed by atoms with van der Waals surface area (Å²) in [6, 6.07) is 3.43. The van der Waals surface area contributed by atoms with Crippen LogP contribution < -0.4 is 5.32 Å². The Bertz CT molecular complexity index is 737. The quantitative estimate of drug-likeness (QED) is 0.749. The van der Waals surface area contributed by atoms with E-state index in [1.807, 2.05) is 0 Å². The second-order valence-electron chi connectivity index (χ2n) is 7.14. The van der Waals surface area contributed by atoms with Gasteiger partial charge in [-0.05, 0) is 62.3 Å². The van der Waals surface area contributed by atoms with Crippen LogP contribution in [0.3, 0.4) is 0 Å². The molecule has 1 aliphatic carbocycles. The third-order valence-corrected chi connectivity index (χ3v) is 5.93. The van der Waals surface area contributed by atoms with Gasteiger partial charge in [-0.15, -0.1) is 0 Å². The van der Waals surface area contributed by atoms with Crippen molar-refractivity contribution >= 4 is 23.3 Å². The van der Waals surface area contributed by atoms with Crippen molar-refractivity contribution in [3.8, 4) is 0 Å². The van der Waals surface area contributed by atoms with Crippen LogP contribution in [-0.4, -0.2) is 23.4 Å². The van der Waals surface area contributed by atoms with E-state index in [1.165, 1.54) is 0 Å². The number of aryl methyl sites for hydroxylation is 2. The number of nitrogens with one attached hydrogen (secondary N) is 1. The molecule has 3 rings (SSSR count). The topological polar surface area (TPSA) is 46.2 Å². The van der Waals surface area contributed by atoms with Crippen molar-refractivity contribution in [2.24, 2.45) is 5.92 Å². The summed E-state index contributed by atoms with van der Waals surface area (Å²) < 4.78 is 38.6. The van der Waals surface area contributed by atoms with E-state index in [2.05, 4.69) is 5.32 Å². The van der Waals surface area contributed by atoms with E-state index in [9.17, 15) is 22.8 Å². The number of carbonyl (C=O) groups is 2. The molecule has 1 atom stereocenters. The predicted octanol–water partition coefficient (Wildman–Crippen LogP) is 4.23. The summed E-state index contributed by atoms with van der Waals surface area (Å²) in [5, 5.41) is 3.26. The molecule has 1 heterocycles. The summed E-state index contributed by atoms with van der Waals surface area (Å²) >= 11 is 6.07. The first-order valence-electron chi connectivity index (χ1n) is 8.25. The lowest BCUT2D eigenvalue weighted by Gasteiger charge is -2.36. The SMILES string of the molecule is Cc1cc(C2C(=O)NC3(CCC(C(F)(F)F)CC3)C2=O)c(C)cc1Cl. The molecule has 1 aliphatic heterocycles. The average Bonchev–Trinajstić information content (AvgIpc) is 2.74. The molecule has 1 N–H and O–H groups in total. The van der Waals surface area contributed by atoms with E-state index in [4.69, 9.17) is 11.6 Å². The summed E-state index contributed by atoms with van der Waals surface area (Å²) in [6.07, 6.45) is -4.47. The van der Waals surface area contributed by atoms with Gasteiger partial charge >= 0.3 is 6.18 Å². The number of amides is 1. The van der Waals surface area contributed by atoms with Crippen molar-refractivity contribution in [2.45, 2.75) is 57.2 Å². The van der Waals surface area contributed by atoms with E-state index < -0.39 is 29.5 Å². The fourth-order valence-electron chi connectivity index (χ4n) is 3.97. The van der Waals surface area contributed by atoms with Crippen LogP contribution in [0.25, 0.3) is 0 Å². The first kappa shape index (κ1) is 18.2. The Morgan fingerprint density at radius 3 is 2.28 bits per heavy atom. The molecule has 0 aromatic heterocycles. The van der Waals surface area contributed by atoms with Crippen molar-refractivity contribution in [3.05, 3.63) is 33.8 Å². The summed E-state index contributed by atoms with van der Waals surface area (Å²) in [5.74, 6) is -3.12. The van der Waals surface area contributed by atoms with E-state index in [-0.39, 0.29) is 31.5 Å². The Kier molecular flexibility index (Phi) is 4.38. The Balaban J connectivity index is 1.88. The van der Waals surface area contributed by atoms with Gasteiger partial charge in [-0.3, -0.25) is 9.59 Å². The maximum absolute atomic E-state index is 13.0. The van der Waals surface area contributed by atoms with Crippen LogP contribution >= 0.6 is 11.6 Å². The highest BCUT2D eigenvalue weighted by atomic mass is 35.5. The van der Waals surface area contributed by atoms with Crippen molar-refractivity contribution in [1.82, 2.24) is 5.32 Å². The molecule has 2 aliphatic rings. The van der Waals surface area contributed by atoms with Gasteiger partial charge in [-0.2, -0.15) is 13.2 Å². The summed E-state index contributed by atoms with van der Waals surface area (Å²) in [5.41, 5.74) is 0.901. The van der Waals surface area contributed by atoms with Crippen LogP contribution in [0.2, 0.25) is 5.02 Å². The standard InChI is InChI=1S/C18H19ClF3NO2/c1-9-8-13(19)10(2)7-12(9)14-15(24)17(23-16(14)25)5-3-11(4-6-17)18(20,21)22/h7-8,11,14H,3-6H2,1-2H3,(H,23,25). The van der Waals surface area contributed by atoms with Gasteiger partial charge in [0.2, 0.25) is 5.91 Å². The Morgan fingerprint density at radius 2 is 1.72 bits per heavy atom. The molecule has 0 radical (unpaired) electrons. The molecule has 1 spiro atoms. The van der Waals surface area contributed by atoms with Gasteiger partial charge in [-0.25, -0.2) is 0 Å². The van der Waals surface area contributed by atoms with E-state index in [0.717, 1.165) is 11.1 Å². The number of rotatable bonds is 1. The minimum absolute atomic E-state index is 0.0316. The van der Waals surface area contributed by atoms with Crippen molar-refractivity contribution in [1.29, 1.82) is 0 Å². The number of hydrogen-bond acceptors (Lipinski definition) is 2. The Hall–Kier alpha value is -1.56. The van der Waals surface area contributed by atoms with Gasteiger partial charge < -0.3 is 5.32 Å². The number of carbonyl (C=O) groups excluding carboxylic acids is 2. The van der Waals surface area contributed by atoms with E-state index >= 15 is 0 Å². The lowest BCUT2D eigenvalue weighted by atomic mass is 9.72. The molecule has 2 fully saturated rings. The molecular weight excluding hydrogens is 355 g/mol. The second-order valence-corrected chi connectivity index (χ2v) is 7.55. The molecule has 1 unspecified atom stereocenters. The number of Topliss-reactive ketones (excluding diaryl/α,β-unsaturated/α-hetero) is 1. The molecule has 1 saturated carbocycles. The molecule has 1 aromatic rings. The summed E-state index contributed by atoms with van der Waals surface area (Å²) in [7, 11) is 0. The van der Waals surface area contributed by atoms with Crippen molar-refractivity contribution in [3.63, 3.8) is 0 Å². The van der Waals surface area contributed by atoms with Crippen LogP contribution in [-0.2, 0) is 9.59 Å². The van der Waals surface area contributed by atoms with Crippen molar-refractivity contribution in [2.75, 3.05) is 0 Å². The molecule has 1 saturated heterocycles. The third kappa shape index (κ3) is 3.05. The molecule has 0 bridgehead atoms. The van der Waals surface area contributed by atoms with Crippen LogP contribution in [0.5, 0.6) is 0 Å². The lowest BCUT2D eigenvalue weighted by molar-refractivity contribution is -0.185. The normalized spacial score (nSPS) is 30.0. The van der Waals surface area contributed by atoms with Gasteiger partial charge in [0.1, 0.15) is 5.92 Å². The second kappa shape index (κ2) is 6.01. The minimum Gasteiger partial charge on any atom is -0.343 e. The average molecular weight is 374 g/mol. The third-order valence-electron chi connectivity index (χ3n) is 5.52. The zero-order chi connectivity index (χ0) is 18.6. The minimum atomic E-state index is -4.25. The van der Waals surface area contributed by atoms with Crippen LogP contribution in [0, 0.1) is 19.8 Å². The lowest BCUT2D eigenvalue weighted by Crippen LogP contribution is -2.50. The monoisotopic (exact) mass is 373 g/mol. The van der Waals surface area contributed by atoms with Gasteiger partial charge in [0, 0.05) is 5.02 Å². The first-order chi connectivity index (χ1) is 11.5. The zero-order valence-corrected chi connectivity index (χ0v) is 14.7. The van der Waals surface area contributed by atoms with E-state index in [1.54, 1.807) is 26.0 Å². The number of ketones is 1. The maximum atomic E-state index is 13.0. The molecule has 3 nitrogen and oxygen atoms in total. The van der Waals surface area contributed by atoms with Crippen LogP contribution in [0.1, 0.15) is 48.3 Å². The van der Waals surface area contributed by atoms with E-state index in [0.29, 0.717) is 10.6 Å². The summed E-state index contributed by atoms with van der Waals surface area (Å²) in [6.45, 7) is 3.56. The highest BCUT2D eigenvalue weighted by Crippen LogP contribution is 2.46. The van der Waals surface area contributed by atoms with Crippen LogP contribution in [0.15, 0.2) is 12.1 Å². The van der Waals surface area contributed by atoms with Gasteiger partial charge in [0.05, 0.1) is 11.5 Å². The van der Waals surface area contributed by atoms with Gasteiger partial charge in [-0.1, -0.05) is 17.7 Å². The maximum Gasteiger partial charge on any atom is 0.391 e. The molecule has 136 valence electrons. The zero-order valence-electron chi connectivity index (χ0n) is 14.0. The largest absolute Gasteiger partial charge is 0.391 e. The molecular formula is C18H19ClF3NO2. The first-order valence-corrected chi connectivity index (χ1v) is 8.63. The molecule has 1 amide bonds. The number of halogens is 4. The molecule has 7 heteroatoms. The molecule has 25 heavy (non-hydrogen) atoms. The number of benzene rings is 1. The number of alkyl halides is 3. The van der Waals surface area contributed by atoms with Crippen molar-refractivity contribution < 1.29 is 22.8 Å². The highest BCUT2D eigenvalue weighted by molar-refractivity contribution is 6.31. The highest BCUT2D eigenvalue weighted by Gasteiger charge is 2.56. The Morgan fingerprint density at radius 1 is 1.12 bits per heavy atom. The molecule has 1 aromatic carbocycles. The number of hydrogen-bond donors (Lipinski definition) is 1. The Labute approximate surface area is 148 Å². The summed E-state index contributed by atoms with van der Waals surface area (Å²) in [4.78, 5) is 25.5. The fraction of sp³-hybridized carbons (Fsp3) is 0.556. The fourth-order valence-corrected chi connectivity index (χ4v) is 4.19.